The van der Waals surface area contributed by atoms with Gasteiger partial charge in [0.25, 0.3) is 5.91 Å². The van der Waals surface area contributed by atoms with Gasteiger partial charge in [-0.2, -0.15) is 0 Å². The number of rotatable bonds is 7. The fourth-order valence-electron chi connectivity index (χ4n) is 1.42. The number of benzene rings is 1. The van der Waals surface area contributed by atoms with Crippen LogP contribution in [0.1, 0.15) is 10.4 Å². The van der Waals surface area contributed by atoms with Crippen LogP contribution >= 0.6 is 24.0 Å². The molecule has 8 heteroatoms. The molecule has 0 aliphatic carbocycles. The predicted octanol–water partition coefficient (Wildman–Crippen LogP) is 0.724. The Hall–Kier alpha value is -1.42. The summed E-state index contributed by atoms with van der Waals surface area (Å²) in [7, 11) is 1.58. The highest BCUT2D eigenvalue weighted by Gasteiger charge is 2.09. The van der Waals surface area contributed by atoms with Crippen LogP contribution in [0.25, 0.3) is 0 Å². The number of hydrogen-bond acceptors (Lipinski definition) is 3. The van der Waals surface area contributed by atoms with Crippen LogP contribution in [-0.4, -0.2) is 45.2 Å². The largest absolute Gasteiger partial charge is 0.383 e. The number of carbonyl (C=O) groups excluding carboxylic acids is 1. The summed E-state index contributed by atoms with van der Waals surface area (Å²) in [5.41, 5.74) is 5.60. The highest BCUT2D eigenvalue weighted by atomic mass is 127. The molecule has 0 spiro atoms. The fraction of sp³-hybridized carbons (Fsp3) is 0.385. The molecule has 1 rings (SSSR count). The Morgan fingerprint density at radius 1 is 1.33 bits per heavy atom. The van der Waals surface area contributed by atoms with Crippen molar-refractivity contribution in [3.05, 3.63) is 35.6 Å². The molecule has 0 unspecified atom stereocenters. The zero-order valence-electron chi connectivity index (χ0n) is 11.8. The molecule has 4 N–H and O–H groups in total. The van der Waals surface area contributed by atoms with Crippen molar-refractivity contribution in [2.24, 2.45) is 10.7 Å². The molecule has 1 amide bonds. The van der Waals surface area contributed by atoms with Crippen LogP contribution < -0.4 is 16.4 Å². The van der Waals surface area contributed by atoms with E-state index >= 15 is 0 Å². The van der Waals surface area contributed by atoms with Crippen molar-refractivity contribution in [3.8, 4) is 0 Å². The van der Waals surface area contributed by atoms with Crippen LogP contribution in [0.3, 0.4) is 0 Å². The Morgan fingerprint density at radius 2 is 2.00 bits per heavy atom. The molecule has 6 nitrogen and oxygen atoms in total. The molecule has 0 heterocycles. The molecule has 0 radical (unpaired) electrons. The van der Waals surface area contributed by atoms with E-state index in [0.717, 1.165) is 0 Å². The second-order valence-corrected chi connectivity index (χ2v) is 3.92. The van der Waals surface area contributed by atoms with E-state index in [1.165, 1.54) is 18.2 Å². The van der Waals surface area contributed by atoms with Crippen molar-refractivity contribution in [2.45, 2.75) is 0 Å². The number of ether oxygens (including phenoxy) is 1. The first kappa shape index (κ1) is 19.6. The van der Waals surface area contributed by atoms with Crippen LogP contribution in [0.5, 0.6) is 0 Å². The average molecular weight is 410 g/mol. The standard InChI is InChI=1S/C13H19FN4O2.HI/c1-20-9-8-18-13(15)17-7-6-16-12(19)10-4-2-3-5-11(10)14;/h2-5H,6-9H2,1H3,(H,16,19)(H3,15,17,18);1H. The van der Waals surface area contributed by atoms with Crippen molar-refractivity contribution in [1.29, 1.82) is 0 Å². The number of carbonyl (C=O) groups is 1. The zero-order valence-corrected chi connectivity index (χ0v) is 14.1. The van der Waals surface area contributed by atoms with Crippen LogP contribution in [-0.2, 0) is 4.74 Å². The van der Waals surface area contributed by atoms with Crippen molar-refractivity contribution in [2.75, 3.05) is 33.4 Å². The molecular formula is C13H20FIN4O2. The van der Waals surface area contributed by atoms with Crippen LogP contribution in [0, 0.1) is 5.82 Å². The van der Waals surface area contributed by atoms with Gasteiger partial charge in [0.05, 0.1) is 18.7 Å². The Labute approximate surface area is 140 Å². The maximum atomic E-state index is 13.3. The molecule has 0 aliphatic rings. The van der Waals surface area contributed by atoms with Gasteiger partial charge in [0.1, 0.15) is 5.82 Å². The molecule has 0 bridgehead atoms. The van der Waals surface area contributed by atoms with Gasteiger partial charge < -0.3 is 21.1 Å². The van der Waals surface area contributed by atoms with E-state index in [1.807, 2.05) is 0 Å². The van der Waals surface area contributed by atoms with E-state index in [9.17, 15) is 9.18 Å². The third-order valence-corrected chi connectivity index (χ3v) is 2.41. The van der Waals surface area contributed by atoms with Gasteiger partial charge in [-0.05, 0) is 12.1 Å². The van der Waals surface area contributed by atoms with Gasteiger partial charge in [0.15, 0.2) is 5.96 Å². The molecule has 21 heavy (non-hydrogen) atoms. The van der Waals surface area contributed by atoms with Gasteiger partial charge in [0.2, 0.25) is 0 Å². The quantitative estimate of drug-likeness (QED) is 0.268. The third-order valence-electron chi connectivity index (χ3n) is 2.41. The molecule has 0 saturated heterocycles. The summed E-state index contributed by atoms with van der Waals surface area (Å²) < 4.78 is 18.1. The monoisotopic (exact) mass is 410 g/mol. The van der Waals surface area contributed by atoms with E-state index in [2.05, 4.69) is 15.6 Å². The van der Waals surface area contributed by atoms with E-state index < -0.39 is 11.7 Å². The highest BCUT2D eigenvalue weighted by Crippen LogP contribution is 2.05. The normalized spacial score (nSPS) is 10.7. The summed E-state index contributed by atoms with van der Waals surface area (Å²) in [5, 5.41) is 5.41. The number of nitrogens with two attached hydrogens (primary N) is 1. The molecule has 0 aromatic heterocycles. The topological polar surface area (TPSA) is 88.7 Å². The smallest absolute Gasteiger partial charge is 0.254 e. The summed E-state index contributed by atoms with van der Waals surface area (Å²) in [6, 6.07) is 5.81. The second kappa shape index (κ2) is 11.3. The van der Waals surface area contributed by atoms with E-state index in [4.69, 9.17) is 10.5 Å². The van der Waals surface area contributed by atoms with E-state index in [1.54, 1.807) is 13.2 Å². The van der Waals surface area contributed by atoms with Gasteiger partial charge in [-0.3, -0.25) is 9.79 Å². The third kappa shape index (κ3) is 7.81. The van der Waals surface area contributed by atoms with Crippen LogP contribution in [0.15, 0.2) is 29.3 Å². The first-order valence-electron chi connectivity index (χ1n) is 6.20. The molecule has 0 atom stereocenters. The summed E-state index contributed by atoms with van der Waals surface area (Å²) in [6.07, 6.45) is 0. The molecule has 118 valence electrons. The summed E-state index contributed by atoms with van der Waals surface area (Å²) in [4.78, 5) is 15.7. The maximum absolute atomic E-state index is 13.3. The van der Waals surface area contributed by atoms with Gasteiger partial charge >= 0.3 is 0 Å². The van der Waals surface area contributed by atoms with Gasteiger partial charge in [-0.15, -0.1) is 24.0 Å². The average Bonchev–Trinajstić information content (AvgIpc) is 2.44. The lowest BCUT2D eigenvalue weighted by atomic mass is 10.2. The van der Waals surface area contributed by atoms with Crippen molar-refractivity contribution < 1.29 is 13.9 Å². The fourth-order valence-corrected chi connectivity index (χ4v) is 1.42. The van der Waals surface area contributed by atoms with Crippen LogP contribution in [0.2, 0.25) is 0 Å². The zero-order chi connectivity index (χ0) is 14.8. The Bertz CT molecular complexity index is 471. The number of halogens is 2. The molecular weight excluding hydrogens is 390 g/mol. The van der Waals surface area contributed by atoms with Crippen LogP contribution in [0.4, 0.5) is 4.39 Å². The second-order valence-electron chi connectivity index (χ2n) is 3.92. The summed E-state index contributed by atoms with van der Waals surface area (Å²) in [6.45, 7) is 1.68. The molecule has 0 fully saturated rings. The lowest BCUT2D eigenvalue weighted by molar-refractivity contribution is 0.0950. The van der Waals surface area contributed by atoms with Crippen molar-refractivity contribution in [3.63, 3.8) is 0 Å². The Morgan fingerprint density at radius 3 is 2.67 bits per heavy atom. The Balaban J connectivity index is 0.00000400. The predicted molar refractivity (Wildman–Crippen MR) is 90.5 cm³/mol. The first-order chi connectivity index (χ1) is 9.65. The highest BCUT2D eigenvalue weighted by molar-refractivity contribution is 14.0. The Kier molecular flexibility index (Phi) is 10.5. The number of hydrogen-bond donors (Lipinski definition) is 3. The van der Waals surface area contributed by atoms with E-state index in [-0.39, 0.29) is 35.5 Å². The number of guanidine groups is 1. The molecule has 1 aromatic rings. The SMILES string of the molecule is COCCN=C(N)NCCNC(=O)c1ccccc1F.I. The first-order valence-corrected chi connectivity index (χ1v) is 6.20. The minimum Gasteiger partial charge on any atom is -0.383 e. The number of nitrogens with one attached hydrogen (secondary N) is 2. The van der Waals surface area contributed by atoms with E-state index in [0.29, 0.717) is 26.2 Å². The van der Waals surface area contributed by atoms with Gasteiger partial charge in [-0.25, -0.2) is 4.39 Å². The van der Waals surface area contributed by atoms with Gasteiger partial charge in [0, 0.05) is 20.2 Å². The maximum Gasteiger partial charge on any atom is 0.254 e. The summed E-state index contributed by atoms with van der Waals surface area (Å²) in [5.74, 6) is -0.722. The molecule has 0 aliphatic heterocycles. The van der Waals surface area contributed by atoms with Crippen molar-refractivity contribution >= 4 is 35.8 Å². The number of methoxy groups -OCH3 is 1. The molecule has 1 aromatic carbocycles. The minimum atomic E-state index is -0.543. The minimum absolute atomic E-state index is 0. The van der Waals surface area contributed by atoms with Crippen molar-refractivity contribution in [1.82, 2.24) is 10.6 Å². The number of nitrogens with zero attached hydrogens (tertiary/aromatic N) is 1. The van der Waals surface area contributed by atoms with Gasteiger partial charge in [-0.1, -0.05) is 12.1 Å². The number of amides is 1. The lowest BCUT2D eigenvalue weighted by Gasteiger charge is -2.08. The molecule has 0 saturated carbocycles. The number of aliphatic imine (C=N–C) groups is 1. The summed E-state index contributed by atoms with van der Waals surface area (Å²) >= 11 is 0. The lowest BCUT2D eigenvalue weighted by Crippen LogP contribution is -2.38.